The van der Waals surface area contributed by atoms with E-state index in [1.807, 2.05) is 12.1 Å². The van der Waals surface area contributed by atoms with Crippen molar-refractivity contribution in [2.75, 3.05) is 0 Å². The molecule has 0 aromatic heterocycles. The van der Waals surface area contributed by atoms with Gasteiger partial charge in [-0.1, -0.05) is 154 Å². The molecule has 0 amide bonds. The molecule has 0 spiro atoms. The Morgan fingerprint density at radius 3 is 0.957 bits per heavy atom. The standard InChI is InChI=1S/2C19H32O3S.Ca/c2*1-3-4-5-6-7-8-9-10-11-12-14-18-15-13-16-19(17(18)2)23(20,21)22;/h2*13,15-16H,3-12,14H2,1-2H3,(H,20,21,22);/q;;+2/p-2. The van der Waals surface area contributed by atoms with Crippen molar-refractivity contribution in [3.05, 3.63) is 58.7 Å². The molecule has 0 saturated carbocycles. The van der Waals surface area contributed by atoms with E-state index in [1.165, 1.54) is 128 Å². The molecule has 47 heavy (non-hydrogen) atoms. The van der Waals surface area contributed by atoms with E-state index in [4.69, 9.17) is 0 Å². The van der Waals surface area contributed by atoms with Crippen molar-refractivity contribution < 1.29 is 25.9 Å². The average molecular weight is 719 g/mol. The van der Waals surface area contributed by atoms with Crippen LogP contribution in [-0.2, 0) is 33.1 Å². The van der Waals surface area contributed by atoms with Gasteiger partial charge in [0, 0.05) is 0 Å². The van der Waals surface area contributed by atoms with Gasteiger partial charge in [0.15, 0.2) is 0 Å². The first-order valence-electron chi connectivity index (χ1n) is 18.0. The van der Waals surface area contributed by atoms with E-state index in [2.05, 4.69) is 13.8 Å². The first kappa shape index (κ1) is 46.5. The zero-order chi connectivity index (χ0) is 34.3. The topological polar surface area (TPSA) is 114 Å². The van der Waals surface area contributed by atoms with Gasteiger partial charge in [0.05, 0.1) is 9.79 Å². The quantitative estimate of drug-likeness (QED) is 0.0606. The first-order valence-corrected chi connectivity index (χ1v) is 20.8. The second kappa shape index (κ2) is 27.3. The third kappa shape index (κ3) is 21.4. The minimum Gasteiger partial charge on any atom is -0.744 e. The van der Waals surface area contributed by atoms with Crippen LogP contribution in [0.4, 0.5) is 0 Å². The van der Waals surface area contributed by atoms with Gasteiger partial charge in [0.2, 0.25) is 0 Å². The van der Waals surface area contributed by atoms with Crippen molar-refractivity contribution in [2.24, 2.45) is 0 Å². The molecule has 0 aliphatic rings. The molecule has 264 valence electrons. The van der Waals surface area contributed by atoms with Gasteiger partial charge in [0.25, 0.3) is 0 Å². The van der Waals surface area contributed by atoms with Gasteiger partial charge < -0.3 is 9.11 Å². The first-order chi connectivity index (χ1) is 21.9. The normalized spacial score (nSPS) is 11.5. The van der Waals surface area contributed by atoms with Crippen LogP contribution in [0, 0.1) is 13.8 Å². The molecule has 2 rings (SSSR count). The molecule has 9 heteroatoms. The molecule has 0 bridgehead atoms. The Labute approximate surface area is 318 Å². The number of unbranched alkanes of at least 4 members (excludes halogenated alkanes) is 18. The van der Waals surface area contributed by atoms with E-state index in [1.54, 1.807) is 26.0 Å². The summed E-state index contributed by atoms with van der Waals surface area (Å²) >= 11 is 0. The van der Waals surface area contributed by atoms with E-state index in [9.17, 15) is 25.9 Å². The van der Waals surface area contributed by atoms with Gasteiger partial charge in [-0.05, 0) is 73.9 Å². The Morgan fingerprint density at radius 2 is 0.702 bits per heavy atom. The second-order valence-corrected chi connectivity index (χ2v) is 15.5. The molecule has 2 aromatic rings. The zero-order valence-electron chi connectivity index (χ0n) is 30.0. The molecule has 2 aromatic carbocycles. The van der Waals surface area contributed by atoms with Crippen LogP contribution in [0.5, 0.6) is 0 Å². The smallest absolute Gasteiger partial charge is 0.744 e. The molecular formula is C38H62CaO6S2. The fraction of sp³-hybridized carbons (Fsp3) is 0.684. The predicted molar refractivity (Wildman–Crippen MR) is 195 cm³/mol. The molecule has 0 saturated heterocycles. The van der Waals surface area contributed by atoms with Crippen molar-refractivity contribution in [1.82, 2.24) is 0 Å². The molecule has 0 heterocycles. The fourth-order valence-electron chi connectivity index (χ4n) is 6.01. The van der Waals surface area contributed by atoms with Crippen LogP contribution in [0.2, 0.25) is 0 Å². The summed E-state index contributed by atoms with van der Waals surface area (Å²) < 4.78 is 67.2. The van der Waals surface area contributed by atoms with E-state index in [0.29, 0.717) is 11.1 Å². The minimum absolute atomic E-state index is 0. The summed E-state index contributed by atoms with van der Waals surface area (Å²) in [5.74, 6) is 0. The van der Waals surface area contributed by atoms with Gasteiger partial charge in [-0.2, -0.15) is 0 Å². The van der Waals surface area contributed by atoms with Gasteiger partial charge in [0.1, 0.15) is 20.2 Å². The summed E-state index contributed by atoms with van der Waals surface area (Å²) in [5, 5.41) is 0. The van der Waals surface area contributed by atoms with Crippen LogP contribution < -0.4 is 0 Å². The molecule has 0 fully saturated rings. The van der Waals surface area contributed by atoms with Crippen LogP contribution in [0.15, 0.2) is 46.2 Å². The molecule has 0 N–H and O–H groups in total. The summed E-state index contributed by atoms with van der Waals surface area (Å²) in [4.78, 5) is -0.135. The predicted octanol–water partition coefficient (Wildman–Crippen LogP) is 10.3. The fourth-order valence-corrected chi connectivity index (χ4v) is 7.51. The summed E-state index contributed by atoms with van der Waals surface area (Å²) in [6, 6.07) is 10.0. The second-order valence-electron chi connectivity index (χ2n) is 12.9. The maximum absolute atomic E-state index is 11.2. The minimum atomic E-state index is -4.36. The molecule has 0 aliphatic heterocycles. The molecule has 0 aliphatic carbocycles. The van der Waals surface area contributed by atoms with Crippen molar-refractivity contribution >= 4 is 58.0 Å². The number of aryl methyl sites for hydroxylation is 2. The monoisotopic (exact) mass is 718 g/mol. The van der Waals surface area contributed by atoms with E-state index < -0.39 is 20.2 Å². The van der Waals surface area contributed by atoms with Crippen LogP contribution in [-0.4, -0.2) is 63.7 Å². The largest absolute Gasteiger partial charge is 2.00 e. The molecule has 6 nitrogen and oxygen atoms in total. The summed E-state index contributed by atoms with van der Waals surface area (Å²) in [5.41, 5.74) is 3.22. The van der Waals surface area contributed by atoms with Gasteiger partial charge in [-0.25, -0.2) is 16.8 Å². The SMILES string of the molecule is CCCCCCCCCCCCc1cccc(S(=O)(=O)[O-])c1C.CCCCCCCCCCCCc1cccc(S(=O)(=O)[O-])c1C.[Ca+2]. The number of hydrogen-bond acceptors (Lipinski definition) is 6. The number of rotatable bonds is 24. The van der Waals surface area contributed by atoms with Crippen molar-refractivity contribution in [3.63, 3.8) is 0 Å². The molecule has 0 unspecified atom stereocenters. The molecule has 0 atom stereocenters. The van der Waals surface area contributed by atoms with Crippen molar-refractivity contribution in [1.29, 1.82) is 0 Å². The third-order valence-electron chi connectivity index (χ3n) is 8.93. The summed E-state index contributed by atoms with van der Waals surface area (Å²) in [7, 11) is -8.72. The van der Waals surface area contributed by atoms with Crippen LogP contribution in [0.25, 0.3) is 0 Å². The van der Waals surface area contributed by atoms with Crippen LogP contribution in [0.3, 0.4) is 0 Å². The maximum Gasteiger partial charge on any atom is 2.00 e. The number of hydrogen-bond donors (Lipinski definition) is 0. The van der Waals surface area contributed by atoms with Crippen LogP contribution in [0.1, 0.15) is 165 Å². The van der Waals surface area contributed by atoms with E-state index >= 15 is 0 Å². The van der Waals surface area contributed by atoms with Crippen molar-refractivity contribution in [3.8, 4) is 0 Å². The molecule has 0 radical (unpaired) electrons. The average Bonchev–Trinajstić information content (AvgIpc) is 2.99. The maximum atomic E-state index is 11.2. The number of benzene rings is 2. The Morgan fingerprint density at radius 1 is 0.447 bits per heavy atom. The van der Waals surface area contributed by atoms with Crippen LogP contribution >= 0.6 is 0 Å². The Balaban J connectivity index is 0.000000882. The van der Waals surface area contributed by atoms with E-state index in [-0.39, 0.29) is 47.5 Å². The van der Waals surface area contributed by atoms with Gasteiger partial charge in [-0.15, -0.1) is 0 Å². The zero-order valence-corrected chi connectivity index (χ0v) is 33.8. The molecular weight excluding hydrogens is 657 g/mol. The summed E-state index contributed by atoms with van der Waals surface area (Å²) in [6.45, 7) is 7.95. The summed E-state index contributed by atoms with van der Waals surface area (Å²) in [6.07, 6.45) is 27.4. The van der Waals surface area contributed by atoms with E-state index in [0.717, 1.165) is 36.8 Å². The van der Waals surface area contributed by atoms with Crippen molar-refractivity contribution in [2.45, 2.75) is 179 Å². The third-order valence-corrected chi connectivity index (χ3v) is 10.9. The van der Waals surface area contributed by atoms with Gasteiger partial charge in [-0.3, -0.25) is 0 Å². The van der Waals surface area contributed by atoms with Gasteiger partial charge >= 0.3 is 37.7 Å². The Kier molecular flexibility index (Phi) is 27.0. The Hall–Kier alpha value is -0.480. The Bertz CT molecular complexity index is 1210.